The molecule has 1 amide bonds. The highest BCUT2D eigenvalue weighted by molar-refractivity contribution is 7.90. The zero-order chi connectivity index (χ0) is 14.6. The normalized spacial score (nSPS) is 13.2. The maximum atomic E-state index is 11.6. The summed E-state index contributed by atoms with van der Waals surface area (Å²) >= 11 is 0. The number of fused-ring (bicyclic) bond motifs is 1. The van der Waals surface area contributed by atoms with E-state index >= 15 is 0 Å². The fourth-order valence-corrected chi connectivity index (χ4v) is 2.50. The molecule has 1 heterocycles. The first kappa shape index (κ1) is 14.6. The summed E-state index contributed by atoms with van der Waals surface area (Å²) in [6.07, 6.45) is 1.71. The minimum absolute atomic E-state index is 0.0322. The third-order valence-corrected chi connectivity index (χ3v) is 3.88. The number of carbonyl (C=O) groups excluding carboxylic acids is 1. The molecule has 0 spiro atoms. The van der Waals surface area contributed by atoms with E-state index in [0.717, 1.165) is 11.8 Å². The summed E-state index contributed by atoms with van der Waals surface area (Å²) in [5.41, 5.74) is 0.908. The summed E-state index contributed by atoms with van der Waals surface area (Å²) in [6, 6.07) is 5.47. The molecule has 1 aromatic carbocycles. The number of rotatable bonds is 6. The number of nitrogens with one attached hydrogen (secondary N) is 1. The molecule has 0 saturated carbocycles. The number of hydrogen-bond donors (Lipinski definition) is 1. The molecule has 1 aliphatic rings. The van der Waals surface area contributed by atoms with Gasteiger partial charge in [0.15, 0.2) is 11.5 Å². The number of hydrogen-bond acceptors (Lipinski definition) is 5. The molecule has 0 unspecified atom stereocenters. The van der Waals surface area contributed by atoms with Crippen LogP contribution in [-0.4, -0.2) is 33.1 Å². The van der Waals surface area contributed by atoms with E-state index in [9.17, 15) is 13.2 Å². The van der Waals surface area contributed by atoms with Crippen LogP contribution in [-0.2, 0) is 21.2 Å². The Morgan fingerprint density at radius 3 is 2.80 bits per heavy atom. The van der Waals surface area contributed by atoms with Gasteiger partial charge in [0.05, 0.1) is 5.75 Å². The molecule has 0 aliphatic carbocycles. The van der Waals surface area contributed by atoms with Crippen molar-refractivity contribution in [2.45, 2.75) is 19.4 Å². The highest BCUT2D eigenvalue weighted by Crippen LogP contribution is 2.32. The van der Waals surface area contributed by atoms with Crippen molar-refractivity contribution in [2.24, 2.45) is 0 Å². The van der Waals surface area contributed by atoms with Crippen LogP contribution in [0.4, 0.5) is 0 Å². The van der Waals surface area contributed by atoms with E-state index in [2.05, 4.69) is 5.32 Å². The van der Waals surface area contributed by atoms with Gasteiger partial charge < -0.3 is 14.8 Å². The van der Waals surface area contributed by atoms with Gasteiger partial charge in [-0.05, 0) is 24.1 Å². The number of ether oxygens (including phenoxy) is 2. The molecule has 110 valence electrons. The van der Waals surface area contributed by atoms with Gasteiger partial charge in [0.1, 0.15) is 9.84 Å². The van der Waals surface area contributed by atoms with Gasteiger partial charge in [-0.2, -0.15) is 0 Å². The van der Waals surface area contributed by atoms with Crippen LogP contribution in [0.5, 0.6) is 11.5 Å². The van der Waals surface area contributed by atoms with Crippen LogP contribution < -0.4 is 14.8 Å². The van der Waals surface area contributed by atoms with Crippen molar-refractivity contribution in [3.63, 3.8) is 0 Å². The SMILES string of the molecule is CS(=O)(=O)CCCC(=O)NCc1ccc2c(c1)OCO2. The molecule has 6 nitrogen and oxygen atoms in total. The lowest BCUT2D eigenvalue weighted by Crippen LogP contribution is -2.23. The fourth-order valence-electron chi connectivity index (χ4n) is 1.83. The number of benzene rings is 1. The van der Waals surface area contributed by atoms with Crippen LogP contribution in [0.25, 0.3) is 0 Å². The van der Waals surface area contributed by atoms with Crippen molar-refractivity contribution in [3.8, 4) is 11.5 Å². The maximum absolute atomic E-state index is 11.6. The molecule has 0 bridgehead atoms. The predicted molar refractivity (Wildman–Crippen MR) is 73.4 cm³/mol. The van der Waals surface area contributed by atoms with E-state index in [1.165, 1.54) is 0 Å². The molecule has 0 saturated heterocycles. The monoisotopic (exact) mass is 299 g/mol. The lowest BCUT2D eigenvalue weighted by Gasteiger charge is -2.06. The minimum atomic E-state index is -3.00. The third-order valence-electron chi connectivity index (χ3n) is 2.85. The summed E-state index contributed by atoms with van der Waals surface area (Å²) in [6.45, 7) is 0.602. The molecular weight excluding hydrogens is 282 g/mol. The first-order valence-electron chi connectivity index (χ1n) is 6.27. The first-order chi connectivity index (χ1) is 9.44. The molecule has 0 fully saturated rings. The minimum Gasteiger partial charge on any atom is -0.454 e. The van der Waals surface area contributed by atoms with Gasteiger partial charge in [0, 0.05) is 19.2 Å². The number of carbonyl (C=O) groups is 1. The van der Waals surface area contributed by atoms with Crippen molar-refractivity contribution >= 4 is 15.7 Å². The summed E-state index contributed by atoms with van der Waals surface area (Å²) in [5, 5.41) is 2.75. The Balaban J connectivity index is 1.76. The van der Waals surface area contributed by atoms with Gasteiger partial charge in [0.2, 0.25) is 12.7 Å². The van der Waals surface area contributed by atoms with Gasteiger partial charge in [-0.15, -0.1) is 0 Å². The zero-order valence-electron chi connectivity index (χ0n) is 11.2. The Kier molecular flexibility index (Phi) is 4.49. The van der Waals surface area contributed by atoms with Gasteiger partial charge in [-0.3, -0.25) is 4.79 Å². The quantitative estimate of drug-likeness (QED) is 0.842. The van der Waals surface area contributed by atoms with E-state index in [0.29, 0.717) is 24.5 Å². The first-order valence-corrected chi connectivity index (χ1v) is 8.33. The van der Waals surface area contributed by atoms with Gasteiger partial charge in [-0.1, -0.05) is 6.07 Å². The Morgan fingerprint density at radius 1 is 1.30 bits per heavy atom. The average molecular weight is 299 g/mol. The van der Waals surface area contributed by atoms with E-state index in [1.54, 1.807) is 6.07 Å². The van der Waals surface area contributed by atoms with Crippen LogP contribution in [0, 0.1) is 0 Å². The van der Waals surface area contributed by atoms with Crippen LogP contribution in [0.2, 0.25) is 0 Å². The average Bonchev–Trinajstić information content (AvgIpc) is 2.82. The third kappa shape index (κ3) is 4.41. The Labute approximate surface area is 118 Å². The lowest BCUT2D eigenvalue weighted by molar-refractivity contribution is -0.121. The molecule has 0 atom stereocenters. The highest BCUT2D eigenvalue weighted by Gasteiger charge is 2.13. The molecule has 0 aromatic heterocycles. The molecule has 1 aliphatic heterocycles. The summed E-state index contributed by atoms with van der Waals surface area (Å²) in [7, 11) is -3.00. The van der Waals surface area contributed by atoms with Gasteiger partial charge >= 0.3 is 0 Å². The van der Waals surface area contributed by atoms with Crippen LogP contribution >= 0.6 is 0 Å². The Morgan fingerprint density at radius 2 is 2.05 bits per heavy atom. The second-order valence-electron chi connectivity index (χ2n) is 4.70. The maximum Gasteiger partial charge on any atom is 0.231 e. The lowest BCUT2D eigenvalue weighted by atomic mass is 10.2. The van der Waals surface area contributed by atoms with Crippen LogP contribution in [0.15, 0.2) is 18.2 Å². The molecule has 1 N–H and O–H groups in total. The van der Waals surface area contributed by atoms with Crippen molar-refractivity contribution in [1.82, 2.24) is 5.32 Å². The number of amides is 1. The number of sulfone groups is 1. The fraction of sp³-hybridized carbons (Fsp3) is 0.462. The smallest absolute Gasteiger partial charge is 0.231 e. The highest BCUT2D eigenvalue weighted by atomic mass is 32.2. The second kappa shape index (κ2) is 6.13. The molecule has 2 rings (SSSR count). The Bertz CT molecular complexity index is 597. The van der Waals surface area contributed by atoms with Crippen LogP contribution in [0.3, 0.4) is 0 Å². The van der Waals surface area contributed by atoms with Crippen molar-refractivity contribution in [2.75, 3.05) is 18.8 Å². The van der Waals surface area contributed by atoms with E-state index in [-0.39, 0.29) is 24.9 Å². The van der Waals surface area contributed by atoms with Crippen LogP contribution in [0.1, 0.15) is 18.4 Å². The standard InChI is InChI=1S/C13H17NO5S/c1-20(16,17)6-2-3-13(15)14-8-10-4-5-11-12(7-10)19-9-18-11/h4-5,7H,2-3,6,8-9H2,1H3,(H,14,15). The van der Waals surface area contributed by atoms with Gasteiger partial charge in [0.25, 0.3) is 0 Å². The van der Waals surface area contributed by atoms with E-state index in [1.807, 2.05) is 12.1 Å². The predicted octanol–water partition coefficient (Wildman–Crippen LogP) is 0.856. The molecule has 0 radical (unpaired) electrons. The summed E-state index contributed by atoms with van der Waals surface area (Å²) in [5.74, 6) is 1.25. The van der Waals surface area contributed by atoms with E-state index in [4.69, 9.17) is 9.47 Å². The van der Waals surface area contributed by atoms with E-state index < -0.39 is 9.84 Å². The molecular formula is C13H17NO5S. The van der Waals surface area contributed by atoms with Gasteiger partial charge in [-0.25, -0.2) is 8.42 Å². The molecule has 7 heteroatoms. The topological polar surface area (TPSA) is 81.7 Å². The Hall–Kier alpha value is -1.76. The van der Waals surface area contributed by atoms with Crippen molar-refractivity contribution in [3.05, 3.63) is 23.8 Å². The van der Waals surface area contributed by atoms with Crippen molar-refractivity contribution < 1.29 is 22.7 Å². The summed E-state index contributed by atoms with van der Waals surface area (Å²) < 4.78 is 32.3. The summed E-state index contributed by atoms with van der Waals surface area (Å²) in [4.78, 5) is 11.6. The largest absolute Gasteiger partial charge is 0.454 e. The molecule has 20 heavy (non-hydrogen) atoms. The molecule has 1 aromatic rings. The van der Waals surface area contributed by atoms with Crippen molar-refractivity contribution in [1.29, 1.82) is 0 Å². The zero-order valence-corrected chi connectivity index (χ0v) is 12.0. The second-order valence-corrected chi connectivity index (χ2v) is 6.96.